The molecule has 1 rings (SSSR count). The van der Waals surface area contributed by atoms with E-state index in [4.69, 9.17) is 4.74 Å². The Labute approximate surface area is 75.1 Å². The van der Waals surface area contributed by atoms with E-state index in [1.807, 2.05) is 0 Å². The molecule has 0 radical (unpaired) electrons. The quantitative estimate of drug-likeness (QED) is 0.527. The molecule has 0 fully saturated rings. The van der Waals surface area contributed by atoms with Crippen molar-refractivity contribution in [1.82, 2.24) is 0 Å². The summed E-state index contributed by atoms with van der Waals surface area (Å²) in [6.45, 7) is 0.0554. The number of hydrogen-bond acceptors (Lipinski definition) is 3. The fourth-order valence-electron chi connectivity index (χ4n) is 0.820. The third-order valence-corrected chi connectivity index (χ3v) is 1.44. The second-order valence-electron chi connectivity index (χ2n) is 2.35. The van der Waals surface area contributed by atoms with Crippen LogP contribution < -0.4 is 4.74 Å². The largest absolute Gasteiger partial charge is 0.467 e. The molecule has 0 aliphatic heterocycles. The Kier molecular flexibility index (Phi) is 3.40. The highest BCUT2D eigenvalue weighted by Gasteiger charge is 2.02. The minimum Gasteiger partial charge on any atom is -0.467 e. The van der Waals surface area contributed by atoms with Crippen molar-refractivity contribution >= 4 is 6.29 Å². The first-order chi connectivity index (χ1) is 6.27. The summed E-state index contributed by atoms with van der Waals surface area (Å²) in [6.07, 6.45) is 0.454. The van der Waals surface area contributed by atoms with Gasteiger partial charge in [0, 0.05) is 13.2 Å². The number of rotatable bonds is 4. The summed E-state index contributed by atoms with van der Waals surface area (Å²) in [7, 11) is 1.47. The second-order valence-corrected chi connectivity index (χ2v) is 2.35. The molecule has 70 valence electrons. The number of halogens is 1. The van der Waals surface area contributed by atoms with Crippen LogP contribution in [0.15, 0.2) is 18.2 Å². The molecule has 0 spiro atoms. The lowest BCUT2D eigenvalue weighted by Crippen LogP contribution is -1.99. The van der Waals surface area contributed by atoms with Crippen LogP contribution >= 0.6 is 0 Å². The molecule has 13 heavy (non-hydrogen) atoms. The van der Waals surface area contributed by atoms with Gasteiger partial charge < -0.3 is 9.47 Å². The number of methoxy groups -OCH3 is 1. The van der Waals surface area contributed by atoms with Gasteiger partial charge in [-0.25, -0.2) is 4.39 Å². The van der Waals surface area contributed by atoms with Crippen LogP contribution in [0, 0.1) is 5.82 Å². The molecular formula is C9H9FO3. The van der Waals surface area contributed by atoms with Crippen molar-refractivity contribution in [1.29, 1.82) is 0 Å². The van der Waals surface area contributed by atoms with Gasteiger partial charge in [-0.2, -0.15) is 0 Å². The van der Waals surface area contributed by atoms with E-state index in [2.05, 4.69) is 4.74 Å². The maximum atomic E-state index is 12.9. The van der Waals surface area contributed by atoms with Crippen LogP contribution in [-0.2, 0) is 4.74 Å². The minimum atomic E-state index is -0.594. The van der Waals surface area contributed by atoms with Crippen molar-refractivity contribution in [3.05, 3.63) is 29.6 Å². The van der Waals surface area contributed by atoms with Crippen LogP contribution in [0.4, 0.5) is 4.39 Å². The van der Waals surface area contributed by atoms with Gasteiger partial charge in [-0.1, -0.05) is 0 Å². The molecule has 0 saturated carbocycles. The standard InChI is InChI=1S/C9H9FO3/c1-12-6-13-8-3-2-7(5-11)9(10)4-8/h2-5H,6H2,1H3. The maximum absolute atomic E-state index is 12.9. The summed E-state index contributed by atoms with van der Waals surface area (Å²) in [6, 6.07) is 4.00. The van der Waals surface area contributed by atoms with E-state index in [1.54, 1.807) is 0 Å². The van der Waals surface area contributed by atoms with Gasteiger partial charge in [-0.3, -0.25) is 4.79 Å². The minimum absolute atomic E-state index is 0.0183. The van der Waals surface area contributed by atoms with Gasteiger partial charge in [-0.05, 0) is 12.1 Å². The predicted molar refractivity (Wildman–Crippen MR) is 44.3 cm³/mol. The lowest BCUT2D eigenvalue weighted by molar-refractivity contribution is 0.0509. The smallest absolute Gasteiger partial charge is 0.188 e. The zero-order chi connectivity index (χ0) is 9.68. The van der Waals surface area contributed by atoms with E-state index in [0.29, 0.717) is 12.0 Å². The number of carbonyl (C=O) groups excluding carboxylic acids is 1. The average molecular weight is 184 g/mol. The van der Waals surface area contributed by atoms with E-state index < -0.39 is 5.82 Å². The molecular weight excluding hydrogens is 175 g/mol. The predicted octanol–water partition coefficient (Wildman–Crippen LogP) is 1.62. The molecule has 0 bridgehead atoms. The Morgan fingerprint density at radius 2 is 2.31 bits per heavy atom. The molecule has 4 heteroatoms. The van der Waals surface area contributed by atoms with Crippen molar-refractivity contribution in [2.45, 2.75) is 0 Å². The summed E-state index contributed by atoms with van der Waals surface area (Å²) in [5.41, 5.74) is 0.0183. The normalized spacial score (nSPS) is 9.69. The average Bonchev–Trinajstić information content (AvgIpc) is 2.15. The molecule has 0 N–H and O–H groups in total. The number of ether oxygens (including phenoxy) is 2. The summed E-state index contributed by atoms with van der Waals surface area (Å²) >= 11 is 0. The molecule has 0 unspecified atom stereocenters. The highest BCUT2D eigenvalue weighted by Crippen LogP contribution is 2.15. The van der Waals surface area contributed by atoms with E-state index in [1.165, 1.54) is 19.2 Å². The summed E-state index contributed by atoms with van der Waals surface area (Å²) in [5.74, 6) is -0.256. The number of benzene rings is 1. The Bertz CT molecular complexity index is 299. The highest BCUT2D eigenvalue weighted by molar-refractivity contribution is 5.75. The number of aldehydes is 1. The highest BCUT2D eigenvalue weighted by atomic mass is 19.1. The van der Waals surface area contributed by atoms with E-state index >= 15 is 0 Å². The van der Waals surface area contributed by atoms with Crippen molar-refractivity contribution in [3.8, 4) is 5.75 Å². The number of hydrogen-bond donors (Lipinski definition) is 0. The fraction of sp³-hybridized carbons (Fsp3) is 0.222. The molecule has 1 aromatic rings. The Balaban J connectivity index is 2.77. The van der Waals surface area contributed by atoms with Crippen LogP contribution in [0.5, 0.6) is 5.75 Å². The first-order valence-corrected chi connectivity index (χ1v) is 3.64. The van der Waals surface area contributed by atoms with E-state index in [-0.39, 0.29) is 12.4 Å². The Morgan fingerprint density at radius 3 is 2.85 bits per heavy atom. The van der Waals surface area contributed by atoms with Gasteiger partial charge in [-0.15, -0.1) is 0 Å². The maximum Gasteiger partial charge on any atom is 0.188 e. The second kappa shape index (κ2) is 4.57. The van der Waals surface area contributed by atoms with Gasteiger partial charge in [0.1, 0.15) is 11.6 Å². The molecule has 0 heterocycles. The van der Waals surface area contributed by atoms with Crippen LogP contribution in [0.1, 0.15) is 10.4 Å². The van der Waals surface area contributed by atoms with Crippen molar-refractivity contribution in [3.63, 3.8) is 0 Å². The zero-order valence-electron chi connectivity index (χ0n) is 7.12. The summed E-state index contributed by atoms with van der Waals surface area (Å²) in [5, 5.41) is 0. The topological polar surface area (TPSA) is 35.5 Å². The van der Waals surface area contributed by atoms with Crippen LogP contribution in [0.25, 0.3) is 0 Å². The molecule has 0 saturated heterocycles. The monoisotopic (exact) mass is 184 g/mol. The van der Waals surface area contributed by atoms with Crippen molar-refractivity contribution in [2.24, 2.45) is 0 Å². The van der Waals surface area contributed by atoms with Crippen molar-refractivity contribution in [2.75, 3.05) is 13.9 Å². The molecule has 1 aromatic carbocycles. The SMILES string of the molecule is COCOc1ccc(C=O)c(F)c1. The van der Waals surface area contributed by atoms with Gasteiger partial charge >= 0.3 is 0 Å². The third-order valence-electron chi connectivity index (χ3n) is 1.44. The molecule has 0 atom stereocenters. The van der Waals surface area contributed by atoms with Gasteiger partial charge in [0.15, 0.2) is 13.1 Å². The summed E-state index contributed by atoms with van der Waals surface area (Å²) < 4.78 is 22.5. The zero-order valence-corrected chi connectivity index (χ0v) is 7.12. The fourth-order valence-corrected chi connectivity index (χ4v) is 0.820. The molecule has 0 aliphatic rings. The molecule has 3 nitrogen and oxygen atoms in total. The molecule has 0 amide bonds. The Hall–Kier alpha value is -1.42. The Morgan fingerprint density at radius 1 is 1.54 bits per heavy atom. The lowest BCUT2D eigenvalue weighted by atomic mass is 10.2. The van der Waals surface area contributed by atoms with E-state index in [0.717, 1.165) is 6.07 Å². The van der Waals surface area contributed by atoms with Crippen LogP contribution in [-0.4, -0.2) is 20.2 Å². The third kappa shape index (κ3) is 2.52. The molecule has 0 aromatic heterocycles. The van der Waals surface area contributed by atoms with Crippen molar-refractivity contribution < 1.29 is 18.7 Å². The summed E-state index contributed by atoms with van der Waals surface area (Å²) in [4.78, 5) is 10.2. The van der Waals surface area contributed by atoms with Gasteiger partial charge in [0.2, 0.25) is 0 Å². The first kappa shape index (κ1) is 9.67. The number of carbonyl (C=O) groups is 1. The van der Waals surface area contributed by atoms with E-state index in [9.17, 15) is 9.18 Å². The van der Waals surface area contributed by atoms with Gasteiger partial charge in [0.25, 0.3) is 0 Å². The van der Waals surface area contributed by atoms with Crippen LogP contribution in [0.2, 0.25) is 0 Å². The van der Waals surface area contributed by atoms with Crippen LogP contribution in [0.3, 0.4) is 0 Å². The van der Waals surface area contributed by atoms with Gasteiger partial charge in [0.05, 0.1) is 5.56 Å². The first-order valence-electron chi connectivity index (χ1n) is 3.64. The molecule has 0 aliphatic carbocycles. The lowest BCUT2D eigenvalue weighted by Gasteiger charge is -2.04.